The lowest BCUT2D eigenvalue weighted by Gasteiger charge is -2.09. The molecule has 23 heavy (non-hydrogen) atoms. The predicted molar refractivity (Wildman–Crippen MR) is 82.6 cm³/mol. The summed E-state index contributed by atoms with van der Waals surface area (Å²) in [4.78, 5) is -0.0510. The van der Waals surface area contributed by atoms with Crippen molar-refractivity contribution in [2.45, 2.75) is 24.7 Å². The molecule has 1 heterocycles. The lowest BCUT2D eigenvalue weighted by molar-refractivity contribution is 0.131. The standard InChI is InChI=1S/C14H18N2O6S/c1-2-3-8-22-10-4-6-11(7-5-10)23(20,21)15-12-9-13(17)16(19)14(12)18/h4-7,9,15,17-19H,2-3,8H2,1H3. The van der Waals surface area contributed by atoms with E-state index in [1.165, 1.54) is 24.3 Å². The first-order chi connectivity index (χ1) is 10.8. The Morgan fingerprint density at radius 1 is 1.22 bits per heavy atom. The van der Waals surface area contributed by atoms with E-state index < -0.39 is 21.8 Å². The Morgan fingerprint density at radius 3 is 2.39 bits per heavy atom. The summed E-state index contributed by atoms with van der Waals surface area (Å²) in [5, 5.41) is 27.9. The fourth-order valence-electron chi connectivity index (χ4n) is 1.81. The smallest absolute Gasteiger partial charge is 0.262 e. The van der Waals surface area contributed by atoms with Gasteiger partial charge in [-0.3, -0.25) is 4.72 Å². The van der Waals surface area contributed by atoms with Gasteiger partial charge in [0.05, 0.1) is 11.5 Å². The Labute approximate surface area is 133 Å². The zero-order chi connectivity index (χ0) is 17.0. The maximum atomic E-state index is 12.2. The van der Waals surface area contributed by atoms with E-state index in [0.29, 0.717) is 12.4 Å². The zero-order valence-corrected chi connectivity index (χ0v) is 13.2. The molecule has 0 unspecified atom stereocenters. The van der Waals surface area contributed by atoms with Gasteiger partial charge in [0.2, 0.25) is 5.88 Å². The molecule has 4 N–H and O–H groups in total. The Hall–Kier alpha value is -2.55. The first kappa shape index (κ1) is 16.8. The Morgan fingerprint density at radius 2 is 1.87 bits per heavy atom. The topological polar surface area (TPSA) is 121 Å². The highest BCUT2D eigenvalue weighted by atomic mass is 32.2. The van der Waals surface area contributed by atoms with E-state index in [9.17, 15) is 23.8 Å². The van der Waals surface area contributed by atoms with Crippen LogP contribution in [-0.2, 0) is 10.0 Å². The third kappa shape index (κ3) is 3.81. The van der Waals surface area contributed by atoms with Gasteiger partial charge in [0.1, 0.15) is 11.4 Å². The van der Waals surface area contributed by atoms with Gasteiger partial charge in [-0.05, 0) is 30.7 Å². The lowest BCUT2D eigenvalue weighted by Crippen LogP contribution is -2.12. The summed E-state index contributed by atoms with van der Waals surface area (Å²) in [7, 11) is -3.98. The summed E-state index contributed by atoms with van der Waals surface area (Å²) in [6, 6.07) is 6.65. The third-order valence-corrected chi connectivity index (χ3v) is 4.46. The summed E-state index contributed by atoms with van der Waals surface area (Å²) >= 11 is 0. The van der Waals surface area contributed by atoms with Crippen LogP contribution in [0.3, 0.4) is 0 Å². The lowest BCUT2D eigenvalue weighted by atomic mass is 10.3. The maximum Gasteiger partial charge on any atom is 0.262 e. The van der Waals surface area contributed by atoms with Gasteiger partial charge in [-0.25, -0.2) is 8.42 Å². The molecule has 0 fully saturated rings. The van der Waals surface area contributed by atoms with Crippen LogP contribution in [0.5, 0.6) is 17.5 Å². The van der Waals surface area contributed by atoms with Gasteiger partial charge in [0.15, 0.2) is 0 Å². The molecule has 0 saturated heterocycles. The molecule has 0 aliphatic rings. The number of nitrogens with one attached hydrogen (secondary N) is 1. The van der Waals surface area contributed by atoms with Crippen molar-refractivity contribution in [3.05, 3.63) is 30.3 Å². The van der Waals surface area contributed by atoms with Gasteiger partial charge in [-0.1, -0.05) is 13.3 Å². The van der Waals surface area contributed by atoms with Crippen molar-refractivity contribution in [3.8, 4) is 17.5 Å². The van der Waals surface area contributed by atoms with Crippen molar-refractivity contribution in [3.63, 3.8) is 0 Å². The van der Waals surface area contributed by atoms with Gasteiger partial charge in [-0.2, -0.15) is 0 Å². The molecule has 2 aromatic rings. The molecule has 0 amide bonds. The van der Waals surface area contributed by atoms with Crippen LogP contribution in [0.1, 0.15) is 19.8 Å². The molecule has 0 aliphatic heterocycles. The number of anilines is 1. The highest BCUT2D eigenvalue weighted by Gasteiger charge is 2.20. The van der Waals surface area contributed by atoms with Crippen LogP contribution in [0, 0.1) is 0 Å². The number of nitrogens with zero attached hydrogens (tertiary/aromatic N) is 1. The minimum Gasteiger partial charge on any atom is -0.494 e. The van der Waals surface area contributed by atoms with Gasteiger partial charge >= 0.3 is 0 Å². The maximum absolute atomic E-state index is 12.2. The minimum absolute atomic E-state index is 0.0510. The third-order valence-electron chi connectivity index (χ3n) is 3.08. The molecule has 0 spiro atoms. The van der Waals surface area contributed by atoms with Gasteiger partial charge < -0.3 is 20.2 Å². The highest BCUT2D eigenvalue weighted by molar-refractivity contribution is 7.92. The molecule has 2 rings (SSSR count). The second-order valence-corrected chi connectivity index (χ2v) is 6.51. The summed E-state index contributed by atoms with van der Waals surface area (Å²) in [5.41, 5.74) is -0.340. The SMILES string of the molecule is CCCCOc1ccc(S(=O)(=O)Nc2cc(O)n(O)c2O)cc1. The first-order valence-electron chi connectivity index (χ1n) is 6.93. The number of aromatic nitrogens is 1. The van der Waals surface area contributed by atoms with Crippen LogP contribution < -0.4 is 9.46 Å². The molecule has 1 aromatic carbocycles. The second kappa shape index (κ2) is 6.69. The molecule has 0 saturated carbocycles. The number of hydrogen-bond donors (Lipinski definition) is 4. The summed E-state index contributed by atoms with van der Waals surface area (Å²) in [6.07, 6.45) is 1.90. The van der Waals surface area contributed by atoms with Crippen LogP contribution >= 0.6 is 0 Å². The molecule has 0 atom stereocenters. The highest BCUT2D eigenvalue weighted by Crippen LogP contribution is 2.32. The number of sulfonamides is 1. The Kier molecular flexibility index (Phi) is 4.89. The minimum atomic E-state index is -3.98. The molecule has 8 nitrogen and oxygen atoms in total. The van der Waals surface area contributed by atoms with Crippen molar-refractivity contribution in [2.75, 3.05) is 11.3 Å². The monoisotopic (exact) mass is 342 g/mol. The van der Waals surface area contributed by atoms with Crippen molar-refractivity contribution >= 4 is 15.7 Å². The van der Waals surface area contributed by atoms with Crippen LogP contribution in [-0.4, -0.2) is 35.2 Å². The van der Waals surface area contributed by atoms with E-state index in [-0.39, 0.29) is 15.3 Å². The number of benzene rings is 1. The number of rotatable bonds is 7. The normalized spacial score (nSPS) is 11.3. The molecule has 1 aromatic heterocycles. The predicted octanol–water partition coefficient (Wildman–Crippen LogP) is 2.12. The molecule has 126 valence electrons. The second-order valence-electron chi connectivity index (χ2n) is 4.83. The van der Waals surface area contributed by atoms with Gasteiger partial charge in [0, 0.05) is 6.07 Å². The van der Waals surface area contributed by atoms with Crippen molar-refractivity contribution in [1.82, 2.24) is 4.73 Å². The van der Waals surface area contributed by atoms with Crippen LogP contribution in [0.25, 0.3) is 0 Å². The number of aromatic hydroxyl groups is 2. The van der Waals surface area contributed by atoms with E-state index in [4.69, 9.17) is 4.74 Å². The molecular weight excluding hydrogens is 324 g/mol. The average molecular weight is 342 g/mol. The largest absolute Gasteiger partial charge is 0.494 e. The van der Waals surface area contributed by atoms with Crippen LogP contribution in [0.15, 0.2) is 35.2 Å². The van der Waals surface area contributed by atoms with Crippen molar-refractivity contribution in [1.29, 1.82) is 0 Å². The average Bonchev–Trinajstić information content (AvgIpc) is 2.75. The Balaban J connectivity index is 2.14. The van der Waals surface area contributed by atoms with Crippen LogP contribution in [0.2, 0.25) is 0 Å². The molecule has 9 heteroatoms. The summed E-state index contributed by atoms with van der Waals surface area (Å²) in [6.45, 7) is 2.59. The molecule has 0 bridgehead atoms. The van der Waals surface area contributed by atoms with Crippen molar-refractivity contribution in [2.24, 2.45) is 0 Å². The number of hydrogen-bond acceptors (Lipinski definition) is 6. The fourth-order valence-corrected chi connectivity index (χ4v) is 2.86. The quantitative estimate of drug-likeness (QED) is 0.452. The molecular formula is C14H18N2O6S. The summed E-state index contributed by atoms with van der Waals surface area (Å²) in [5.74, 6) is -0.954. The first-order valence-corrected chi connectivity index (χ1v) is 8.42. The van der Waals surface area contributed by atoms with E-state index >= 15 is 0 Å². The van der Waals surface area contributed by atoms with E-state index in [1.807, 2.05) is 6.92 Å². The van der Waals surface area contributed by atoms with E-state index in [1.54, 1.807) is 0 Å². The number of unbranched alkanes of at least 4 members (excludes halogenated alkanes) is 1. The molecule has 0 aliphatic carbocycles. The molecule has 0 radical (unpaired) electrons. The summed E-state index contributed by atoms with van der Waals surface area (Å²) < 4.78 is 32.0. The van der Waals surface area contributed by atoms with Crippen LogP contribution in [0.4, 0.5) is 5.69 Å². The van der Waals surface area contributed by atoms with E-state index in [2.05, 4.69) is 4.72 Å². The van der Waals surface area contributed by atoms with Gasteiger partial charge in [0.25, 0.3) is 15.9 Å². The number of ether oxygens (including phenoxy) is 1. The van der Waals surface area contributed by atoms with Gasteiger partial charge in [-0.15, -0.1) is 4.73 Å². The zero-order valence-electron chi connectivity index (χ0n) is 12.4. The fraction of sp³-hybridized carbons (Fsp3) is 0.286. The van der Waals surface area contributed by atoms with E-state index in [0.717, 1.165) is 18.9 Å². The van der Waals surface area contributed by atoms with Crippen molar-refractivity contribution < 1.29 is 28.6 Å². The Bertz CT molecular complexity index is 767.